The Morgan fingerprint density at radius 1 is 1.33 bits per heavy atom. The minimum Gasteiger partial charge on any atom is -0.368 e. The molecule has 1 saturated heterocycles. The van der Waals surface area contributed by atoms with Gasteiger partial charge in [0.1, 0.15) is 6.10 Å². The van der Waals surface area contributed by atoms with E-state index in [1.54, 1.807) is 0 Å². The van der Waals surface area contributed by atoms with Gasteiger partial charge in [0, 0.05) is 12.0 Å². The van der Waals surface area contributed by atoms with Gasteiger partial charge in [-0.25, -0.2) is 0 Å². The molecule has 1 fully saturated rings. The van der Waals surface area contributed by atoms with E-state index in [2.05, 4.69) is 37.8 Å². The zero-order valence-corrected chi connectivity index (χ0v) is 9.78. The zero-order valence-electron chi connectivity index (χ0n) is 9.78. The van der Waals surface area contributed by atoms with Crippen LogP contribution in [-0.4, -0.2) is 16.7 Å². The fourth-order valence-electron chi connectivity index (χ4n) is 1.67. The lowest BCUT2D eigenvalue weighted by molar-refractivity contribution is 0.0661. The summed E-state index contributed by atoms with van der Waals surface area (Å²) in [5.74, 6) is 1.85. The Morgan fingerprint density at radius 3 is 2.53 bits per heavy atom. The maximum absolute atomic E-state index is 5.58. The van der Waals surface area contributed by atoms with Gasteiger partial charge in [0.2, 0.25) is 0 Å². The van der Waals surface area contributed by atoms with Crippen molar-refractivity contribution in [1.82, 2.24) is 10.1 Å². The van der Waals surface area contributed by atoms with Crippen molar-refractivity contribution >= 4 is 0 Å². The average Bonchev–Trinajstić information content (AvgIpc) is 2.69. The van der Waals surface area contributed by atoms with Gasteiger partial charge in [0.15, 0.2) is 5.82 Å². The summed E-state index contributed by atoms with van der Waals surface area (Å²) < 4.78 is 10.8. The number of rotatable bonds is 1. The van der Waals surface area contributed by atoms with Crippen molar-refractivity contribution in [3.05, 3.63) is 11.7 Å². The number of ether oxygens (including phenoxy) is 1. The highest BCUT2D eigenvalue weighted by Gasteiger charge is 2.32. The summed E-state index contributed by atoms with van der Waals surface area (Å²) >= 11 is 0. The largest absolute Gasteiger partial charge is 0.368 e. The lowest BCUT2D eigenvalue weighted by atomic mass is 9.96. The van der Waals surface area contributed by atoms with Crippen LogP contribution in [0, 0.1) is 5.92 Å². The van der Waals surface area contributed by atoms with Crippen LogP contribution in [0.5, 0.6) is 0 Å². The van der Waals surface area contributed by atoms with Crippen LogP contribution in [0.1, 0.15) is 51.9 Å². The quantitative estimate of drug-likeness (QED) is 0.714. The second-order valence-corrected chi connectivity index (χ2v) is 5.26. The van der Waals surface area contributed by atoms with Crippen molar-refractivity contribution in [3.8, 4) is 0 Å². The molecule has 1 aliphatic rings. The summed E-state index contributed by atoms with van der Waals surface area (Å²) in [6, 6.07) is 0. The predicted octanol–water partition coefficient (Wildman–Crippen LogP) is 2.46. The topological polar surface area (TPSA) is 48.2 Å². The molecule has 0 unspecified atom stereocenters. The van der Waals surface area contributed by atoms with Crippen molar-refractivity contribution in [2.75, 3.05) is 6.61 Å². The van der Waals surface area contributed by atoms with Gasteiger partial charge in [-0.15, -0.1) is 0 Å². The smallest absolute Gasteiger partial charge is 0.256 e. The molecule has 1 aromatic rings. The monoisotopic (exact) mass is 210 g/mol. The molecule has 4 heteroatoms. The van der Waals surface area contributed by atoms with Gasteiger partial charge in [0.25, 0.3) is 5.89 Å². The van der Waals surface area contributed by atoms with E-state index in [4.69, 9.17) is 9.26 Å². The Bertz CT molecular complexity index is 341. The highest BCUT2D eigenvalue weighted by molar-refractivity contribution is 5.02. The van der Waals surface area contributed by atoms with E-state index in [0.717, 1.165) is 18.9 Å². The fourth-order valence-corrected chi connectivity index (χ4v) is 1.67. The molecule has 0 radical (unpaired) electrons. The first kappa shape index (κ1) is 10.6. The van der Waals surface area contributed by atoms with Crippen molar-refractivity contribution in [1.29, 1.82) is 0 Å². The molecule has 15 heavy (non-hydrogen) atoms. The zero-order chi connectivity index (χ0) is 11.1. The molecule has 1 aromatic heterocycles. The van der Waals surface area contributed by atoms with Crippen molar-refractivity contribution < 1.29 is 9.26 Å². The summed E-state index contributed by atoms with van der Waals surface area (Å²) in [4.78, 5) is 4.41. The van der Waals surface area contributed by atoms with E-state index in [-0.39, 0.29) is 11.5 Å². The van der Waals surface area contributed by atoms with Gasteiger partial charge in [-0.05, 0) is 12.3 Å². The molecule has 0 spiro atoms. The van der Waals surface area contributed by atoms with Gasteiger partial charge in [0.05, 0.1) is 0 Å². The molecule has 0 aromatic carbocycles. The molecule has 0 bridgehead atoms. The third-order valence-corrected chi connectivity index (χ3v) is 2.74. The second-order valence-electron chi connectivity index (χ2n) is 5.26. The van der Waals surface area contributed by atoms with Crippen LogP contribution in [0.4, 0.5) is 0 Å². The summed E-state index contributed by atoms with van der Waals surface area (Å²) in [5.41, 5.74) is -0.0659. The predicted molar refractivity (Wildman–Crippen MR) is 55.5 cm³/mol. The molecule has 4 nitrogen and oxygen atoms in total. The van der Waals surface area contributed by atoms with E-state index in [9.17, 15) is 0 Å². The van der Waals surface area contributed by atoms with Crippen LogP contribution in [0.25, 0.3) is 0 Å². The molecule has 0 amide bonds. The van der Waals surface area contributed by atoms with Crippen molar-refractivity contribution in [2.45, 2.75) is 45.6 Å². The summed E-state index contributed by atoms with van der Waals surface area (Å²) in [6.45, 7) is 9.15. The minimum absolute atomic E-state index is 0.00593. The molecular weight excluding hydrogens is 192 g/mol. The first-order valence-corrected chi connectivity index (χ1v) is 5.44. The molecule has 2 rings (SSSR count). The van der Waals surface area contributed by atoms with Crippen LogP contribution < -0.4 is 0 Å². The molecule has 1 aliphatic heterocycles. The van der Waals surface area contributed by atoms with Crippen molar-refractivity contribution in [3.63, 3.8) is 0 Å². The second kappa shape index (κ2) is 3.59. The number of nitrogens with zero attached hydrogens (tertiary/aromatic N) is 2. The third-order valence-electron chi connectivity index (χ3n) is 2.74. The molecule has 2 atom stereocenters. The van der Waals surface area contributed by atoms with Crippen LogP contribution in [-0.2, 0) is 10.2 Å². The Hall–Kier alpha value is -0.900. The average molecular weight is 210 g/mol. The van der Waals surface area contributed by atoms with Gasteiger partial charge >= 0.3 is 0 Å². The number of hydrogen-bond donors (Lipinski definition) is 0. The first-order chi connectivity index (χ1) is 6.98. The molecule has 2 heterocycles. The fraction of sp³-hybridized carbons (Fsp3) is 0.818. The van der Waals surface area contributed by atoms with Crippen LogP contribution in [0.2, 0.25) is 0 Å². The molecular formula is C11H18N2O2. The highest BCUT2D eigenvalue weighted by atomic mass is 16.5. The third kappa shape index (κ3) is 2.04. The normalized spacial score (nSPS) is 27.2. The summed E-state index contributed by atoms with van der Waals surface area (Å²) in [7, 11) is 0. The van der Waals surface area contributed by atoms with E-state index in [1.807, 2.05) is 0 Å². The van der Waals surface area contributed by atoms with E-state index >= 15 is 0 Å². The molecule has 0 N–H and O–H groups in total. The van der Waals surface area contributed by atoms with Gasteiger partial charge in [-0.3, -0.25) is 0 Å². The number of aromatic nitrogens is 2. The number of hydrogen-bond acceptors (Lipinski definition) is 4. The molecule has 0 aliphatic carbocycles. The van der Waals surface area contributed by atoms with E-state index < -0.39 is 0 Å². The Labute approximate surface area is 90.0 Å². The molecule has 84 valence electrons. The van der Waals surface area contributed by atoms with Crippen LogP contribution in [0.3, 0.4) is 0 Å². The SMILES string of the molecule is C[C@@H]1CCO[C@@H]1c1nc(C(C)(C)C)no1. The first-order valence-electron chi connectivity index (χ1n) is 5.44. The van der Waals surface area contributed by atoms with Crippen LogP contribution in [0.15, 0.2) is 4.52 Å². The van der Waals surface area contributed by atoms with Gasteiger partial charge < -0.3 is 9.26 Å². The molecule has 0 saturated carbocycles. The summed E-state index contributed by atoms with van der Waals surface area (Å²) in [5, 5.41) is 4.00. The van der Waals surface area contributed by atoms with Gasteiger partial charge in [-0.2, -0.15) is 4.98 Å². The summed E-state index contributed by atoms with van der Waals surface area (Å²) in [6.07, 6.45) is 1.06. The highest BCUT2D eigenvalue weighted by Crippen LogP contribution is 2.33. The van der Waals surface area contributed by atoms with E-state index in [0.29, 0.717) is 11.8 Å². The Kier molecular flexibility index (Phi) is 2.54. The van der Waals surface area contributed by atoms with Gasteiger partial charge in [-0.1, -0.05) is 32.9 Å². The van der Waals surface area contributed by atoms with E-state index in [1.165, 1.54) is 0 Å². The Balaban J connectivity index is 2.20. The van der Waals surface area contributed by atoms with Crippen molar-refractivity contribution in [2.24, 2.45) is 5.92 Å². The standard InChI is InChI=1S/C11H18N2O2/c1-7-5-6-14-8(7)9-12-10(13-15-9)11(2,3)4/h7-8H,5-6H2,1-4H3/t7-,8+/m1/s1. The lowest BCUT2D eigenvalue weighted by Crippen LogP contribution is -2.14. The Morgan fingerprint density at radius 2 is 2.07 bits per heavy atom. The maximum atomic E-state index is 5.58. The minimum atomic E-state index is -0.0659. The van der Waals surface area contributed by atoms with Crippen LogP contribution >= 0.6 is 0 Å². The maximum Gasteiger partial charge on any atom is 0.256 e. The lowest BCUT2D eigenvalue weighted by Gasteiger charge is -2.11.